The Morgan fingerprint density at radius 3 is 2.65 bits per heavy atom. The number of halogens is 1. The van der Waals surface area contributed by atoms with Gasteiger partial charge in [-0.2, -0.15) is 0 Å². The van der Waals surface area contributed by atoms with Gasteiger partial charge in [0.15, 0.2) is 0 Å². The first-order valence-electron chi connectivity index (χ1n) is 6.16. The van der Waals surface area contributed by atoms with E-state index < -0.39 is 4.92 Å². The van der Waals surface area contributed by atoms with Gasteiger partial charge in [-0.25, -0.2) is 0 Å². The molecule has 6 nitrogen and oxygen atoms in total. The van der Waals surface area contributed by atoms with Crippen molar-refractivity contribution >= 4 is 23.2 Å². The van der Waals surface area contributed by atoms with Crippen LogP contribution in [0.1, 0.15) is 30.6 Å². The summed E-state index contributed by atoms with van der Waals surface area (Å²) in [7, 11) is 0. The molecule has 1 atom stereocenters. The SMILES string of the molecule is CC[C@@](C)(CO)CNC(=O)c1ccc([N+](=O)[O-])c(Cl)c1. The van der Waals surface area contributed by atoms with E-state index in [0.29, 0.717) is 13.0 Å². The summed E-state index contributed by atoms with van der Waals surface area (Å²) in [4.78, 5) is 22.0. The van der Waals surface area contributed by atoms with Gasteiger partial charge in [-0.15, -0.1) is 0 Å². The fourth-order valence-electron chi connectivity index (χ4n) is 1.48. The predicted molar refractivity (Wildman–Crippen MR) is 75.9 cm³/mol. The molecule has 1 amide bonds. The molecule has 0 unspecified atom stereocenters. The maximum absolute atomic E-state index is 11.9. The van der Waals surface area contributed by atoms with Crippen molar-refractivity contribution in [2.24, 2.45) is 5.41 Å². The van der Waals surface area contributed by atoms with Gasteiger partial charge in [-0.05, 0) is 18.6 Å². The van der Waals surface area contributed by atoms with Crippen LogP contribution in [0.5, 0.6) is 0 Å². The summed E-state index contributed by atoms with van der Waals surface area (Å²) in [6.45, 7) is 4.06. The molecule has 7 heteroatoms. The number of nitro groups is 1. The molecule has 110 valence electrons. The molecule has 0 saturated carbocycles. The normalized spacial score (nSPS) is 13.6. The van der Waals surface area contributed by atoms with Gasteiger partial charge in [-0.1, -0.05) is 25.4 Å². The number of amides is 1. The minimum atomic E-state index is -0.607. The van der Waals surface area contributed by atoms with Crippen molar-refractivity contribution in [2.75, 3.05) is 13.2 Å². The number of aliphatic hydroxyl groups is 1. The van der Waals surface area contributed by atoms with Gasteiger partial charge in [0, 0.05) is 23.6 Å². The quantitative estimate of drug-likeness (QED) is 0.623. The van der Waals surface area contributed by atoms with Crippen molar-refractivity contribution in [3.05, 3.63) is 38.9 Å². The van der Waals surface area contributed by atoms with Crippen LogP contribution in [0, 0.1) is 15.5 Å². The van der Waals surface area contributed by atoms with E-state index in [2.05, 4.69) is 5.32 Å². The predicted octanol–water partition coefficient (Wildman–Crippen LogP) is 2.39. The average molecular weight is 301 g/mol. The molecule has 1 aromatic carbocycles. The maximum Gasteiger partial charge on any atom is 0.287 e. The molecule has 0 bridgehead atoms. The fraction of sp³-hybridized carbons (Fsp3) is 0.462. The Morgan fingerprint density at radius 2 is 2.20 bits per heavy atom. The first-order valence-corrected chi connectivity index (χ1v) is 6.54. The van der Waals surface area contributed by atoms with Crippen molar-refractivity contribution < 1.29 is 14.8 Å². The van der Waals surface area contributed by atoms with Gasteiger partial charge in [-0.3, -0.25) is 14.9 Å². The van der Waals surface area contributed by atoms with Gasteiger partial charge in [0.1, 0.15) is 5.02 Å². The van der Waals surface area contributed by atoms with E-state index in [1.54, 1.807) is 0 Å². The van der Waals surface area contributed by atoms with Crippen molar-refractivity contribution in [1.82, 2.24) is 5.32 Å². The molecule has 2 N–H and O–H groups in total. The van der Waals surface area contributed by atoms with Gasteiger partial charge < -0.3 is 10.4 Å². The zero-order valence-corrected chi connectivity index (χ0v) is 12.1. The Bertz CT molecular complexity index is 515. The molecule has 0 aliphatic rings. The Kier molecular flexibility index (Phi) is 5.47. The third-order valence-electron chi connectivity index (χ3n) is 3.32. The second kappa shape index (κ2) is 6.67. The van der Waals surface area contributed by atoms with Crippen LogP contribution < -0.4 is 5.32 Å². The zero-order valence-electron chi connectivity index (χ0n) is 11.4. The van der Waals surface area contributed by atoms with Crippen LogP contribution in [0.2, 0.25) is 5.02 Å². The molecule has 1 rings (SSSR count). The minimum Gasteiger partial charge on any atom is -0.396 e. The van der Waals surface area contributed by atoms with Crippen LogP contribution in [-0.4, -0.2) is 29.1 Å². The van der Waals surface area contributed by atoms with E-state index in [0.717, 1.165) is 0 Å². The highest BCUT2D eigenvalue weighted by atomic mass is 35.5. The molecule has 0 radical (unpaired) electrons. The molecule has 0 heterocycles. The summed E-state index contributed by atoms with van der Waals surface area (Å²) in [5, 5.41) is 22.5. The molecule has 0 aliphatic heterocycles. The van der Waals surface area contributed by atoms with Gasteiger partial charge >= 0.3 is 0 Å². The highest BCUT2D eigenvalue weighted by Crippen LogP contribution is 2.25. The Morgan fingerprint density at radius 1 is 1.55 bits per heavy atom. The smallest absolute Gasteiger partial charge is 0.287 e. The second-order valence-corrected chi connectivity index (χ2v) is 5.34. The van der Waals surface area contributed by atoms with Crippen molar-refractivity contribution in [3.8, 4) is 0 Å². The number of nitrogens with zero attached hydrogens (tertiary/aromatic N) is 1. The number of benzene rings is 1. The van der Waals surface area contributed by atoms with Gasteiger partial charge in [0.25, 0.3) is 11.6 Å². The van der Waals surface area contributed by atoms with E-state index in [1.807, 2.05) is 13.8 Å². The lowest BCUT2D eigenvalue weighted by molar-refractivity contribution is -0.384. The number of aliphatic hydroxyl groups excluding tert-OH is 1. The summed E-state index contributed by atoms with van der Waals surface area (Å²) in [6.07, 6.45) is 0.713. The third-order valence-corrected chi connectivity index (χ3v) is 3.62. The molecule has 0 fully saturated rings. The topological polar surface area (TPSA) is 92.5 Å². The summed E-state index contributed by atoms with van der Waals surface area (Å²) in [5.41, 5.74) is -0.380. The van der Waals surface area contributed by atoms with Crippen LogP contribution in [0.25, 0.3) is 0 Å². The first-order chi connectivity index (χ1) is 9.33. The Labute approximate surface area is 121 Å². The highest BCUT2D eigenvalue weighted by Gasteiger charge is 2.22. The number of carbonyl (C=O) groups is 1. The number of hydrogen-bond donors (Lipinski definition) is 2. The highest BCUT2D eigenvalue weighted by molar-refractivity contribution is 6.33. The van der Waals surface area contributed by atoms with Crippen molar-refractivity contribution in [1.29, 1.82) is 0 Å². The minimum absolute atomic E-state index is 0.0369. The van der Waals surface area contributed by atoms with Gasteiger partial charge in [0.05, 0.1) is 11.5 Å². The summed E-state index contributed by atoms with van der Waals surface area (Å²) in [5.74, 6) is -0.380. The number of nitrogens with one attached hydrogen (secondary N) is 1. The van der Waals surface area contributed by atoms with Gasteiger partial charge in [0.2, 0.25) is 0 Å². The molecule has 0 saturated heterocycles. The summed E-state index contributed by atoms with van der Waals surface area (Å²) >= 11 is 5.75. The molecular weight excluding hydrogens is 284 g/mol. The largest absolute Gasteiger partial charge is 0.396 e. The third kappa shape index (κ3) is 3.91. The van der Waals surface area contributed by atoms with Crippen LogP contribution in [0.3, 0.4) is 0 Å². The van der Waals surface area contributed by atoms with Crippen LogP contribution in [0.15, 0.2) is 18.2 Å². The molecule has 20 heavy (non-hydrogen) atoms. The molecule has 0 aliphatic carbocycles. The number of nitro benzene ring substituents is 1. The number of carbonyl (C=O) groups excluding carboxylic acids is 1. The van der Waals surface area contributed by atoms with Crippen LogP contribution in [0.4, 0.5) is 5.69 Å². The summed E-state index contributed by atoms with van der Waals surface area (Å²) in [6, 6.07) is 3.81. The monoisotopic (exact) mass is 300 g/mol. The average Bonchev–Trinajstić information content (AvgIpc) is 2.43. The van der Waals surface area contributed by atoms with E-state index in [9.17, 15) is 20.0 Å². The Balaban J connectivity index is 2.79. The van der Waals surface area contributed by atoms with Crippen LogP contribution >= 0.6 is 11.6 Å². The van der Waals surface area contributed by atoms with Crippen molar-refractivity contribution in [2.45, 2.75) is 20.3 Å². The fourth-order valence-corrected chi connectivity index (χ4v) is 1.73. The van der Waals surface area contributed by atoms with Crippen LogP contribution in [-0.2, 0) is 0 Å². The Hall–Kier alpha value is -1.66. The first kappa shape index (κ1) is 16.4. The molecule has 0 spiro atoms. The number of hydrogen-bond acceptors (Lipinski definition) is 4. The van der Waals surface area contributed by atoms with E-state index in [1.165, 1.54) is 18.2 Å². The summed E-state index contributed by atoms with van der Waals surface area (Å²) < 4.78 is 0. The lowest BCUT2D eigenvalue weighted by Crippen LogP contribution is -2.37. The lowest BCUT2D eigenvalue weighted by atomic mass is 9.88. The number of rotatable bonds is 6. The molecule has 0 aromatic heterocycles. The standard InChI is InChI=1S/C13H17ClN2O4/c1-3-13(2,8-17)7-15-12(18)9-4-5-11(16(19)20)10(14)6-9/h4-6,17H,3,7-8H2,1-2H3,(H,15,18)/t13-/m1/s1. The second-order valence-electron chi connectivity index (χ2n) is 4.93. The van der Waals surface area contributed by atoms with E-state index in [-0.39, 0.29) is 34.2 Å². The maximum atomic E-state index is 11.9. The lowest BCUT2D eigenvalue weighted by Gasteiger charge is -2.25. The van der Waals surface area contributed by atoms with E-state index in [4.69, 9.17) is 11.6 Å². The zero-order chi connectivity index (χ0) is 15.3. The molecular formula is C13H17ClN2O4. The van der Waals surface area contributed by atoms with E-state index >= 15 is 0 Å². The van der Waals surface area contributed by atoms with Crippen molar-refractivity contribution in [3.63, 3.8) is 0 Å². The molecule has 1 aromatic rings.